The van der Waals surface area contributed by atoms with Crippen LogP contribution in [0.2, 0.25) is 0 Å². The Hall–Kier alpha value is -2.19. The zero-order chi connectivity index (χ0) is 16.2. The highest BCUT2D eigenvalue weighted by molar-refractivity contribution is 9.10. The largest absolute Gasteiger partial charge is 0.455 e. The fourth-order valence-electron chi connectivity index (χ4n) is 1.96. The molecule has 1 amide bonds. The van der Waals surface area contributed by atoms with Crippen molar-refractivity contribution in [3.63, 3.8) is 0 Å². The second-order valence-corrected chi connectivity index (χ2v) is 6.42. The molecule has 8 heteroatoms. The first-order valence-electron chi connectivity index (χ1n) is 6.73. The van der Waals surface area contributed by atoms with Crippen LogP contribution in [0.25, 0.3) is 4.96 Å². The van der Waals surface area contributed by atoms with Gasteiger partial charge in [-0.25, -0.2) is 4.98 Å². The van der Waals surface area contributed by atoms with Crippen molar-refractivity contribution in [1.29, 1.82) is 0 Å². The number of carbonyl (C=O) groups is 2. The van der Waals surface area contributed by atoms with Crippen LogP contribution in [-0.2, 0) is 20.7 Å². The van der Waals surface area contributed by atoms with Gasteiger partial charge < -0.3 is 10.1 Å². The number of aromatic nitrogens is 2. The molecule has 0 saturated heterocycles. The zero-order valence-corrected chi connectivity index (χ0v) is 14.3. The lowest BCUT2D eigenvalue weighted by atomic mass is 10.3. The molecule has 2 aromatic heterocycles. The van der Waals surface area contributed by atoms with E-state index in [1.54, 1.807) is 18.3 Å². The summed E-state index contributed by atoms with van der Waals surface area (Å²) in [6.45, 7) is -0.331. The number of rotatable bonds is 5. The maximum Gasteiger partial charge on any atom is 0.312 e. The van der Waals surface area contributed by atoms with Crippen molar-refractivity contribution in [2.75, 3.05) is 11.9 Å². The number of benzene rings is 1. The summed E-state index contributed by atoms with van der Waals surface area (Å²) in [5, 5.41) is 4.58. The van der Waals surface area contributed by atoms with E-state index in [4.69, 9.17) is 4.74 Å². The van der Waals surface area contributed by atoms with Gasteiger partial charge in [-0.2, -0.15) is 0 Å². The average Bonchev–Trinajstić information content (AvgIpc) is 3.09. The number of esters is 1. The monoisotopic (exact) mass is 393 g/mol. The van der Waals surface area contributed by atoms with Crippen molar-refractivity contribution >= 4 is 49.8 Å². The summed E-state index contributed by atoms with van der Waals surface area (Å²) in [5.74, 6) is -0.880. The van der Waals surface area contributed by atoms with Crippen molar-refractivity contribution in [3.05, 3.63) is 52.2 Å². The molecule has 0 saturated carbocycles. The van der Waals surface area contributed by atoms with Crippen LogP contribution >= 0.6 is 27.3 Å². The fourth-order valence-corrected chi connectivity index (χ4v) is 3.06. The maximum absolute atomic E-state index is 11.8. The molecule has 0 aliphatic rings. The number of hydrogen-bond acceptors (Lipinski definition) is 5. The highest BCUT2D eigenvalue weighted by Gasteiger charge is 2.12. The average molecular weight is 394 g/mol. The smallest absolute Gasteiger partial charge is 0.312 e. The van der Waals surface area contributed by atoms with E-state index in [9.17, 15) is 9.59 Å². The van der Waals surface area contributed by atoms with E-state index in [1.165, 1.54) is 11.3 Å². The number of halogens is 1. The van der Waals surface area contributed by atoms with E-state index in [1.807, 2.05) is 28.1 Å². The molecule has 0 bridgehead atoms. The Morgan fingerprint density at radius 3 is 2.96 bits per heavy atom. The molecule has 0 aliphatic carbocycles. The molecule has 0 aliphatic heterocycles. The minimum absolute atomic E-state index is 0.0384. The van der Waals surface area contributed by atoms with E-state index in [-0.39, 0.29) is 13.0 Å². The molecule has 0 unspecified atom stereocenters. The van der Waals surface area contributed by atoms with Crippen LogP contribution in [-0.4, -0.2) is 27.9 Å². The summed E-state index contributed by atoms with van der Waals surface area (Å²) in [5.41, 5.74) is 1.25. The van der Waals surface area contributed by atoms with Crippen LogP contribution < -0.4 is 5.32 Å². The minimum atomic E-state index is -0.488. The number of para-hydroxylation sites is 1. The minimum Gasteiger partial charge on any atom is -0.455 e. The lowest BCUT2D eigenvalue weighted by molar-refractivity contribution is -0.146. The Balaban J connectivity index is 1.49. The van der Waals surface area contributed by atoms with Gasteiger partial charge in [0.2, 0.25) is 0 Å². The number of fused-ring (bicyclic) bond motifs is 1. The SMILES string of the molecule is O=C(COC(=O)Cc1cn2ccsc2n1)Nc1ccccc1Br. The van der Waals surface area contributed by atoms with E-state index >= 15 is 0 Å². The molecule has 3 aromatic rings. The molecule has 0 atom stereocenters. The summed E-state index contributed by atoms with van der Waals surface area (Å²) in [7, 11) is 0. The number of imidazole rings is 1. The van der Waals surface area contributed by atoms with E-state index < -0.39 is 11.9 Å². The van der Waals surface area contributed by atoms with E-state index in [2.05, 4.69) is 26.2 Å². The Labute approximate surface area is 144 Å². The van der Waals surface area contributed by atoms with Crippen LogP contribution in [0.3, 0.4) is 0 Å². The molecule has 118 valence electrons. The predicted octanol–water partition coefficient (Wildman–Crippen LogP) is 2.88. The molecular formula is C15H12BrN3O3S. The van der Waals surface area contributed by atoms with Gasteiger partial charge in [-0.05, 0) is 28.1 Å². The van der Waals surface area contributed by atoms with E-state index in [0.717, 1.165) is 9.43 Å². The number of ether oxygens (including phenoxy) is 1. The molecule has 6 nitrogen and oxygen atoms in total. The summed E-state index contributed by atoms with van der Waals surface area (Å²) in [4.78, 5) is 28.7. The molecule has 3 rings (SSSR count). The van der Waals surface area contributed by atoms with Gasteiger partial charge in [0.25, 0.3) is 5.91 Å². The Morgan fingerprint density at radius 2 is 2.17 bits per heavy atom. The van der Waals surface area contributed by atoms with Crippen molar-refractivity contribution in [3.8, 4) is 0 Å². The highest BCUT2D eigenvalue weighted by Crippen LogP contribution is 2.20. The molecule has 1 aromatic carbocycles. The predicted molar refractivity (Wildman–Crippen MR) is 90.5 cm³/mol. The molecule has 23 heavy (non-hydrogen) atoms. The highest BCUT2D eigenvalue weighted by atomic mass is 79.9. The number of carbonyl (C=O) groups excluding carboxylic acids is 2. The van der Waals surface area contributed by atoms with Crippen molar-refractivity contribution in [2.45, 2.75) is 6.42 Å². The first-order chi connectivity index (χ1) is 11.1. The second kappa shape index (κ2) is 6.93. The van der Waals surface area contributed by atoms with Gasteiger partial charge in [0.15, 0.2) is 11.6 Å². The number of nitrogens with zero attached hydrogens (tertiary/aromatic N) is 2. The van der Waals surface area contributed by atoms with Crippen LogP contribution in [0, 0.1) is 0 Å². The Morgan fingerprint density at radius 1 is 1.35 bits per heavy atom. The van der Waals surface area contributed by atoms with Gasteiger partial charge in [0.05, 0.1) is 17.8 Å². The standard InChI is InChI=1S/C15H12BrN3O3S/c16-11-3-1-2-4-12(11)18-13(20)9-22-14(21)7-10-8-19-5-6-23-15(19)17-10/h1-6,8H,7,9H2,(H,18,20). The fraction of sp³-hybridized carbons (Fsp3) is 0.133. The molecule has 1 N–H and O–H groups in total. The lowest BCUT2D eigenvalue weighted by Gasteiger charge is -2.07. The third-order valence-electron chi connectivity index (χ3n) is 2.98. The van der Waals surface area contributed by atoms with Gasteiger partial charge in [0, 0.05) is 22.2 Å². The van der Waals surface area contributed by atoms with Crippen molar-refractivity contribution < 1.29 is 14.3 Å². The first kappa shape index (κ1) is 15.7. The number of anilines is 1. The molecular weight excluding hydrogens is 382 g/mol. The maximum atomic E-state index is 11.8. The summed E-state index contributed by atoms with van der Waals surface area (Å²) < 4.78 is 7.58. The molecule has 2 heterocycles. The Kier molecular flexibility index (Phi) is 4.73. The normalized spacial score (nSPS) is 10.7. The van der Waals surface area contributed by atoms with Gasteiger partial charge in [0.1, 0.15) is 0 Å². The van der Waals surface area contributed by atoms with Gasteiger partial charge in [-0.3, -0.25) is 14.0 Å². The molecule has 0 spiro atoms. The van der Waals surface area contributed by atoms with Crippen LogP contribution in [0.4, 0.5) is 5.69 Å². The summed E-state index contributed by atoms with van der Waals surface area (Å²) in [6, 6.07) is 7.21. The van der Waals surface area contributed by atoms with Gasteiger partial charge >= 0.3 is 5.97 Å². The van der Waals surface area contributed by atoms with Crippen LogP contribution in [0.15, 0.2) is 46.5 Å². The molecule has 0 fully saturated rings. The lowest BCUT2D eigenvalue weighted by Crippen LogP contribution is -2.21. The number of nitrogens with one attached hydrogen (secondary N) is 1. The third-order valence-corrected chi connectivity index (χ3v) is 4.44. The summed E-state index contributed by atoms with van der Waals surface area (Å²) in [6.07, 6.45) is 3.68. The van der Waals surface area contributed by atoms with E-state index in [0.29, 0.717) is 11.4 Å². The summed E-state index contributed by atoms with van der Waals surface area (Å²) >= 11 is 4.82. The van der Waals surface area contributed by atoms with Crippen molar-refractivity contribution in [2.24, 2.45) is 0 Å². The zero-order valence-electron chi connectivity index (χ0n) is 11.9. The van der Waals surface area contributed by atoms with Crippen LogP contribution in [0.1, 0.15) is 5.69 Å². The van der Waals surface area contributed by atoms with Crippen LogP contribution in [0.5, 0.6) is 0 Å². The number of amides is 1. The van der Waals surface area contributed by atoms with Crippen molar-refractivity contribution in [1.82, 2.24) is 9.38 Å². The topological polar surface area (TPSA) is 72.7 Å². The van der Waals surface area contributed by atoms with Gasteiger partial charge in [-0.15, -0.1) is 11.3 Å². The number of hydrogen-bond donors (Lipinski definition) is 1. The first-order valence-corrected chi connectivity index (χ1v) is 8.40. The second-order valence-electron chi connectivity index (χ2n) is 4.69. The quantitative estimate of drug-likeness (QED) is 0.676. The number of thiazole rings is 1. The molecule has 0 radical (unpaired) electrons. The third kappa shape index (κ3) is 3.96. The van der Waals surface area contributed by atoms with Gasteiger partial charge in [-0.1, -0.05) is 12.1 Å². The Bertz CT molecular complexity index is 830.